The molecule has 1 aromatic heterocycles. The molecule has 1 heterocycles. The Morgan fingerprint density at radius 2 is 1.75 bits per heavy atom. The van der Waals surface area contributed by atoms with Gasteiger partial charge >= 0.3 is 0 Å². The molecule has 1 amide bonds. The number of aromatic nitrogens is 2. The van der Waals surface area contributed by atoms with Crippen molar-refractivity contribution >= 4 is 44.9 Å². The SMILES string of the molecule is CCOc1ccc(C(=O)Nc2nnc(SCc3cccc4ccccc34)s2)cc1OCC. The van der Waals surface area contributed by atoms with E-state index in [0.717, 1.165) is 10.1 Å². The van der Waals surface area contributed by atoms with Gasteiger partial charge in [-0.25, -0.2) is 0 Å². The molecule has 32 heavy (non-hydrogen) atoms. The molecule has 1 N–H and O–H groups in total. The summed E-state index contributed by atoms with van der Waals surface area (Å²) in [5.74, 6) is 1.68. The Morgan fingerprint density at radius 3 is 2.59 bits per heavy atom. The number of carbonyl (C=O) groups excluding carboxylic acids is 1. The Kier molecular flexibility index (Phi) is 7.24. The van der Waals surface area contributed by atoms with E-state index in [1.165, 1.54) is 27.7 Å². The molecule has 3 aromatic carbocycles. The van der Waals surface area contributed by atoms with Gasteiger partial charge in [0.15, 0.2) is 15.8 Å². The Hall–Kier alpha value is -3.10. The third-order valence-corrected chi connectivity index (χ3v) is 6.68. The van der Waals surface area contributed by atoms with E-state index in [1.54, 1.807) is 30.0 Å². The summed E-state index contributed by atoms with van der Waals surface area (Å²) in [4.78, 5) is 12.7. The van der Waals surface area contributed by atoms with Crippen molar-refractivity contribution in [3.8, 4) is 11.5 Å². The number of ether oxygens (including phenoxy) is 2. The maximum atomic E-state index is 12.7. The van der Waals surface area contributed by atoms with Gasteiger partial charge in [0.05, 0.1) is 13.2 Å². The normalized spacial score (nSPS) is 10.8. The van der Waals surface area contributed by atoms with Crippen molar-refractivity contribution in [2.75, 3.05) is 18.5 Å². The van der Waals surface area contributed by atoms with Crippen LogP contribution < -0.4 is 14.8 Å². The molecule has 8 heteroatoms. The number of fused-ring (bicyclic) bond motifs is 1. The van der Waals surface area contributed by atoms with E-state index in [-0.39, 0.29) is 5.91 Å². The summed E-state index contributed by atoms with van der Waals surface area (Å²) in [6.07, 6.45) is 0. The van der Waals surface area contributed by atoms with Gasteiger partial charge in [-0.15, -0.1) is 10.2 Å². The van der Waals surface area contributed by atoms with E-state index < -0.39 is 0 Å². The van der Waals surface area contributed by atoms with Gasteiger partial charge < -0.3 is 9.47 Å². The zero-order valence-corrected chi connectivity index (χ0v) is 19.5. The predicted octanol–water partition coefficient (Wildman–Crippen LogP) is 6.03. The highest BCUT2D eigenvalue weighted by Crippen LogP contribution is 2.32. The number of nitrogens with one attached hydrogen (secondary N) is 1. The Balaban J connectivity index is 1.41. The maximum absolute atomic E-state index is 12.7. The van der Waals surface area contributed by atoms with E-state index >= 15 is 0 Å². The van der Waals surface area contributed by atoms with Crippen LogP contribution in [0.25, 0.3) is 10.8 Å². The molecule has 164 valence electrons. The molecular formula is C24H23N3O3S2. The maximum Gasteiger partial charge on any atom is 0.257 e. The van der Waals surface area contributed by atoms with Gasteiger partial charge in [-0.3, -0.25) is 10.1 Å². The fourth-order valence-electron chi connectivity index (χ4n) is 3.24. The van der Waals surface area contributed by atoms with Crippen LogP contribution in [0.1, 0.15) is 29.8 Å². The minimum Gasteiger partial charge on any atom is -0.490 e. The molecule has 0 saturated carbocycles. The van der Waals surface area contributed by atoms with Crippen LogP contribution in [0, 0.1) is 0 Å². The lowest BCUT2D eigenvalue weighted by Crippen LogP contribution is -2.12. The molecule has 0 fully saturated rings. The van der Waals surface area contributed by atoms with Crippen molar-refractivity contribution in [2.45, 2.75) is 23.9 Å². The molecule has 0 aliphatic heterocycles. The molecule has 4 rings (SSSR count). The van der Waals surface area contributed by atoms with Crippen LogP contribution in [0.2, 0.25) is 0 Å². The summed E-state index contributed by atoms with van der Waals surface area (Å²) in [7, 11) is 0. The average molecular weight is 466 g/mol. The van der Waals surface area contributed by atoms with Crippen molar-refractivity contribution in [3.63, 3.8) is 0 Å². The summed E-state index contributed by atoms with van der Waals surface area (Å²) >= 11 is 2.96. The zero-order chi connectivity index (χ0) is 22.3. The van der Waals surface area contributed by atoms with Crippen LogP contribution in [0.3, 0.4) is 0 Å². The lowest BCUT2D eigenvalue weighted by molar-refractivity contribution is 0.102. The van der Waals surface area contributed by atoms with E-state index in [0.29, 0.717) is 35.4 Å². The minimum absolute atomic E-state index is 0.268. The first kappa shape index (κ1) is 22.1. The highest BCUT2D eigenvalue weighted by atomic mass is 32.2. The molecule has 0 saturated heterocycles. The number of amides is 1. The van der Waals surface area contributed by atoms with Gasteiger partial charge in [0.2, 0.25) is 5.13 Å². The molecule has 0 bridgehead atoms. The first-order valence-electron chi connectivity index (χ1n) is 10.3. The van der Waals surface area contributed by atoms with Gasteiger partial charge in [0.25, 0.3) is 5.91 Å². The van der Waals surface area contributed by atoms with E-state index in [2.05, 4.69) is 45.8 Å². The first-order valence-corrected chi connectivity index (χ1v) is 12.1. The molecule has 6 nitrogen and oxygen atoms in total. The minimum atomic E-state index is -0.268. The van der Waals surface area contributed by atoms with Crippen LogP contribution >= 0.6 is 23.1 Å². The molecule has 4 aromatic rings. The fourth-order valence-corrected chi connectivity index (χ4v) is 4.99. The largest absolute Gasteiger partial charge is 0.490 e. The average Bonchev–Trinajstić information content (AvgIpc) is 3.26. The topological polar surface area (TPSA) is 73.3 Å². The number of hydrogen-bond donors (Lipinski definition) is 1. The van der Waals surface area contributed by atoms with Crippen LogP contribution in [-0.4, -0.2) is 29.3 Å². The quantitative estimate of drug-likeness (QED) is 0.240. The van der Waals surface area contributed by atoms with E-state index in [1.807, 2.05) is 26.0 Å². The molecule has 0 aliphatic rings. The molecule has 0 atom stereocenters. The number of benzene rings is 3. The summed E-state index contributed by atoms with van der Waals surface area (Å²) in [5, 5.41) is 14.1. The second kappa shape index (κ2) is 10.5. The highest BCUT2D eigenvalue weighted by molar-refractivity contribution is 8.00. The second-order valence-corrected chi connectivity index (χ2v) is 8.98. The third kappa shape index (κ3) is 5.20. The Labute approximate surface area is 195 Å². The van der Waals surface area contributed by atoms with Crippen molar-refractivity contribution in [1.82, 2.24) is 10.2 Å². The number of anilines is 1. The Bertz CT molecular complexity index is 1220. The number of nitrogens with zero attached hydrogens (tertiary/aromatic N) is 2. The van der Waals surface area contributed by atoms with Gasteiger partial charge in [0.1, 0.15) is 0 Å². The van der Waals surface area contributed by atoms with Crippen molar-refractivity contribution < 1.29 is 14.3 Å². The zero-order valence-electron chi connectivity index (χ0n) is 17.8. The smallest absolute Gasteiger partial charge is 0.257 e. The predicted molar refractivity (Wildman–Crippen MR) is 130 cm³/mol. The van der Waals surface area contributed by atoms with Gasteiger partial charge in [-0.2, -0.15) is 0 Å². The van der Waals surface area contributed by atoms with Crippen molar-refractivity contribution in [2.24, 2.45) is 0 Å². The van der Waals surface area contributed by atoms with Gasteiger partial charge in [-0.1, -0.05) is 65.6 Å². The number of rotatable bonds is 9. The standard InChI is InChI=1S/C24H23N3O3S2/c1-3-29-20-13-12-17(14-21(20)30-4-2)22(28)25-23-26-27-24(32-23)31-15-18-10-7-9-16-8-5-6-11-19(16)18/h5-14H,3-4,15H2,1-2H3,(H,25,26,28). The van der Waals surface area contributed by atoms with E-state index in [9.17, 15) is 4.79 Å². The summed E-state index contributed by atoms with van der Waals surface area (Å²) in [6, 6.07) is 19.8. The third-order valence-electron chi connectivity index (χ3n) is 4.66. The van der Waals surface area contributed by atoms with Crippen LogP contribution in [-0.2, 0) is 5.75 Å². The molecule has 0 unspecified atom stereocenters. The number of thioether (sulfide) groups is 1. The summed E-state index contributed by atoms with van der Waals surface area (Å²) < 4.78 is 12.0. The van der Waals surface area contributed by atoms with E-state index in [4.69, 9.17) is 9.47 Å². The molecule has 0 radical (unpaired) electrons. The summed E-state index contributed by atoms with van der Waals surface area (Å²) in [5.41, 5.74) is 1.71. The molecular weight excluding hydrogens is 442 g/mol. The number of hydrogen-bond acceptors (Lipinski definition) is 7. The molecule has 0 aliphatic carbocycles. The van der Waals surface area contributed by atoms with Crippen LogP contribution in [0.15, 0.2) is 65.0 Å². The van der Waals surface area contributed by atoms with Crippen LogP contribution in [0.4, 0.5) is 5.13 Å². The summed E-state index contributed by atoms with van der Waals surface area (Å²) in [6.45, 7) is 4.80. The lowest BCUT2D eigenvalue weighted by Gasteiger charge is -2.12. The first-order chi connectivity index (χ1) is 15.7. The lowest BCUT2D eigenvalue weighted by atomic mass is 10.1. The molecule has 0 spiro atoms. The van der Waals surface area contributed by atoms with Gasteiger partial charge in [0, 0.05) is 11.3 Å². The Morgan fingerprint density at radius 1 is 0.969 bits per heavy atom. The van der Waals surface area contributed by atoms with Crippen molar-refractivity contribution in [1.29, 1.82) is 0 Å². The van der Waals surface area contributed by atoms with Crippen molar-refractivity contribution in [3.05, 3.63) is 71.8 Å². The van der Waals surface area contributed by atoms with Crippen LogP contribution in [0.5, 0.6) is 11.5 Å². The highest BCUT2D eigenvalue weighted by Gasteiger charge is 2.14. The fraction of sp³-hybridized carbons (Fsp3) is 0.208. The second-order valence-electron chi connectivity index (χ2n) is 6.78. The monoisotopic (exact) mass is 465 g/mol. The number of carbonyl (C=O) groups is 1. The van der Waals surface area contributed by atoms with Gasteiger partial charge in [-0.05, 0) is 48.4 Å².